The summed E-state index contributed by atoms with van der Waals surface area (Å²) >= 11 is 0. The van der Waals surface area contributed by atoms with Crippen LogP contribution >= 0.6 is 0 Å². The van der Waals surface area contributed by atoms with E-state index >= 15 is 0 Å². The molecule has 0 bridgehead atoms. The van der Waals surface area contributed by atoms with Gasteiger partial charge in [-0.3, -0.25) is 0 Å². The van der Waals surface area contributed by atoms with Crippen LogP contribution in [0.25, 0.3) is 27.5 Å². The van der Waals surface area contributed by atoms with Crippen LogP contribution in [0.5, 0.6) is 23.0 Å². The molecule has 7 aromatic carbocycles. The van der Waals surface area contributed by atoms with Crippen LogP contribution in [0, 0.1) is 0 Å². The molecule has 0 saturated carbocycles. The van der Waals surface area contributed by atoms with Crippen LogP contribution in [-0.2, 0) is 10.8 Å². The van der Waals surface area contributed by atoms with E-state index < -0.39 is 0 Å². The molecule has 0 unspecified atom stereocenters. The molecule has 0 N–H and O–H groups in total. The zero-order chi connectivity index (χ0) is 37.6. The number of nitrogens with zero attached hydrogens (tertiary/aromatic N) is 2. The number of para-hydroxylation sites is 4. The van der Waals surface area contributed by atoms with Gasteiger partial charge in [0.2, 0.25) is 0 Å². The molecule has 8 aromatic rings. The lowest BCUT2D eigenvalue weighted by atomic mass is 9.34. The van der Waals surface area contributed by atoms with Gasteiger partial charge in [-0.25, -0.2) is 0 Å². The second-order valence-corrected chi connectivity index (χ2v) is 17.0. The van der Waals surface area contributed by atoms with Crippen LogP contribution in [0.15, 0.2) is 152 Å². The molecule has 55 heavy (non-hydrogen) atoms. The Balaban J connectivity index is 1.25. The van der Waals surface area contributed by atoms with Crippen molar-refractivity contribution in [2.75, 3.05) is 4.90 Å². The Hall–Kier alpha value is -6.20. The Kier molecular flexibility index (Phi) is 7.38. The van der Waals surface area contributed by atoms with Crippen molar-refractivity contribution in [3.8, 4) is 28.7 Å². The first kappa shape index (κ1) is 33.4. The average Bonchev–Trinajstić information content (AvgIpc) is 3.53. The van der Waals surface area contributed by atoms with E-state index in [2.05, 4.69) is 203 Å². The van der Waals surface area contributed by atoms with Crippen LogP contribution in [0.4, 0.5) is 17.1 Å². The third-order valence-corrected chi connectivity index (χ3v) is 11.4. The predicted molar refractivity (Wildman–Crippen MR) is 231 cm³/mol. The lowest BCUT2D eigenvalue weighted by Crippen LogP contribution is -2.57. The minimum absolute atomic E-state index is 0.00905. The van der Waals surface area contributed by atoms with Gasteiger partial charge >= 0.3 is 0 Å². The van der Waals surface area contributed by atoms with E-state index in [0.29, 0.717) is 0 Å². The SMILES string of the molecule is CC(C)(C)c1ccc2c(c1)B1c3cc(C(C)(C)C)ccc3Oc3cc(-n4c5ccccc5c5cccc(N(c6ccccc6)c6ccccc6)c54)cc(c31)O2. The molecule has 0 atom stereocenters. The second kappa shape index (κ2) is 12.2. The fourth-order valence-electron chi connectivity index (χ4n) is 8.58. The van der Waals surface area contributed by atoms with E-state index in [1.807, 2.05) is 0 Å². The van der Waals surface area contributed by atoms with E-state index in [9.17, 15) is 0 Å². The molecule has 10 rings (SSSR count). The summed E-state index contributed by atoms with van der Waals surface area (Å²) in [5.74, 6) is 3.44. The molecule has 0 fully saturated rings. The van der Waals surface area contributed by atoms with E-state index in [4.69, 9.17) is 9.47 Å². The highest BCUT2D eigenvalue weighted by atomic mass is 16.5. The van der Waals surface area contributed by atoms with Crippen molar-refractivity contribution < 1.29 is 9.47 Å². The van der Waals surface area contributed by atoms with Gasteiger partial charge in [0.1, 0.15) is 23.0 Å². The summed E-state index contributed by atoms with van der Waals surface area (Å²) in [5.41, 5.74) is 12.5. The van der Waals surface area contributed by atoms with Gasteiger partial charge in [-0.1, -0.05) is 133 Å². The number of ether oxygens (including phenoxy) is 2. The van der Waals surface area contributed by atoms with Crippen molar-refractivity contribution >= 4 is 62.0 Å². The van der Waals surface area contributed by atoms with Crippen molar-refractivity contribution in [2.45, 2.75) is 52.4 Å². The minimum atomic E-state index is -0.0310. The first-order valence-corrected chi connectivity index (χ1v) is 19.3. The maximum atomic E-state index is 6.98. The molecule has 0 saturated heterocycles. The number of aromatic nitrogens is 1. The van der Waals surface area contributed by atoms with E-state index in [-0.39, 0.29) is 17.5 Å². The minimum Gasteiger partial charge on any atom is -0.458 e. The zero-order valence-corrected chi connectivity index (χ0v) is 32.2. The van der Waals surface area contributed by atoms with Gasteiger partial charge in [0.05, 0.1) is 22.4 Å². The molecule has 3 heterocycles. The number of benzene rings is 7. The largest absolute Gasteiger partial charge is 0.458 e. The molecular formula is C50H43BN2O2. The number of fused-ring (bicyclic) bond motifs is 7. The molecule has 0 amide bonds. The normalized spacial score (nSPS) is 13.2. The van der Waals surface area contributed by atoms with Crippen LogP contribution < -0.4 is 30.8 Å². The molecule has 2 aliphatic heterocycles. The van der Waals surface area contributed by atoms with Gasteiger partial charge in [0.25, 0.3) is 6.71 Å². The molecule has 1 aromatic heterocycles. The lowest BCUT2D eigenvalue weighted by molar-refractivity contribution is 0.463. The third kappa shape index (κ3) is 5.36. The summed E-state index contributed by atoms with van der Waals surface area (Å²) in [5, 5.41) is 2.36. The Labute approximate surface area is 323 Å². The van der Waals surface area contributed by atoms with Crippen LogP contribution in [0.1, 0.15) is 52.7 Å². The first-order valence-electron chi connectivity index (χ1n) is 19.3. The van der Waals surface area contributed by atoms with Gasteiger partial charge in [-0.05, 0) is 81.4 Å². The van der Waals surface area contributed by atoms with Crippen LogP contribution in [0.3, 0.4) is 0 Å². The molecular weight excluding hydrogens is 671 g/mol. The number of rotatable bonds is 4. The summed E-state index contributed by atoms with van der Waals surface area (Å²) in [6, 6.07) is 54.6. The summed E-state index contributed by atoms with van der Waals surface area (Å²) in [7, 11) is 0. The summed E-state index contributed by atoms with van der Waals surface area (Å²) in [4.78, 5) is 2.36. The van der Waals surface area contributed by atoms with Gasteiger partial charge in [-0.15, -0.1) is 0 Å². The quantitative estimate of drug-likeness (QED) is 0.170. The van der Waals surface area contributed by atoms with Gasteiger partial charge in [-0.2, -0.15) is 0 Å². The predicted octanol–water partition coefficient (Wildman–Crippen LogP) is 11.6. The zero-order valence-electron chi connectivity index (χ0n) is 32.2. The highest BCUT2D eigenvalue weighted by Crippen LogP contribution is 2.45. The van der Waals surface area contributed by atoms with E-state index in [1.54, 1.807) is 0 Å². The number of hydrogen-bond acceptors (Lipinski definition) is 3. The Morgan fingerprint density at radius 1 is 0.491 bits per heavy atom. The average molecular weight is 715 g/mol. The molecule has 0 aliphatic carbocycles. The highest BCUT2D eigenvalue weighted by molar-refractivity contribution is 6.98. The summed E-state index contributed by atoms with van der Waals surface area (Å²) in [6.45, 7) is 13.6. The van der Waals surface area contributed by atoms with Crippen LogP contribution in [0.2, 0.25) is 0 Å². The smallest absolute Gasteiger partial charge is 0.260 e. The second-order valence-electron chi connectivity index (χ2n) is 17.0. The third-order valence-electron chi connectivity index (χ3n) is 11.4. The first-order chi connectivity index (χ1) is 26.5. The molecule has 0 spiro atoms. The van der Waals surface area contributed by atoms with Crippen LogP contribution in [-0.4, -0.2) is 11.3 Å². The Morgan fingerprint density at radius 3 is 1.55 bits per heavy atom. The van der Waals surface area contributed by atoms with Crippen molar-refractivity contribution in [3.05, 3.63) is 163 Å². The Morgan fingerprint density at radius 2 is 1.00 bits per heavy atom. The summed E-state index contributed by atoms with van der Waals surface area (Å²) < 4.78 is 16.4. The molecule has 5 heteroatoms. The molecule has 4 nitrogen and oxygen atoms in total. The Bertz CT molecular complexity index is 2660. The fourth-order valence-corrected chi connectivity index (χ4v) is 8.58. The fraction of sp³-hybridized carbons (Fsp3) is 0.160. The topological polar surface area (TPSA) is 26.6 Å². The van der Waals surface area contributed by atoms with Crippen molar-refractivity contribution in [3.63, 3.8) is 0 Å². The van der Waals surface area contributed by atoms with Gasteiger partial charge in [0.15, 0.2) is 0 Å². The molecule has 2 aliphatic rings. The lowest BCUT2D eigenvalue weighted by Gasteiger charge is -2.35. The monoisotopic (exact) mass is 714 g/mol. The maximum Gasteiger partial charge on any atom is 0.260 e. The number of hydrogen-bond donors (Lipinski definition) is 0. The molecule has 0 radical (unpaired) electrons. The van der Waals surface area contributed by atoms with Crippen molar-refractivity contribution in [1.29, 1.82) is 0 Å². The van der Waals surface area contributed by atoms with Crippen molar-refractivity contribution in [2.24, 2.45) is 0 Å². The molecule has 268 valence electrons. The van der Waals surface area contributed by atoms with Gasteiger partial charge in [0, 0.05) is 39.7 Å². The van der Waals surface area contributed by atoms with Crippen molar-refractivity contribution in [1.82, 2.24) is 4.57 Å². The van der Waals surface area contributed by atoms with E-state index in [0.717, 1.165) is 62.2 Å². The highest BCUT2D eigenvalue weighted by Gasteiger charge is 2.42. The summed E-state index contributed by atoms with van der Waals surface area (Å²) in [6.07, 6.45) is 0. The van der Waals surface area contributed by atoms with Gasteiger partial charge < -0.3 is 18.9 Å². The number of anilines is 3. The standard InChI is InChI=1S/C50H43BN2O2/c1-49(2,3)32-24-26-43-39(28-32)51-40-29-33(50(4,5)6)25-27-44(40)55-46-31-36(30-45(54-43)47(46)51)53-41-22-14-13-20-37(41)38-21-15-23-42(48(38)53)52(34-16-9-7-10-17-34)35-18-11-8-12-19-35/h7-31H,1-6H3. The maximum absolute atomic E-state index is 6.98. The van der Waals surface area contributed by atoms with E-state index in [1.165, 1.54) is 32.8 Å².